The van der Waals surface area contributed by atoms with E-state index in [-0.39, 0.29) is 35.1 Å². The van der Waals surface area contributed by atoms with Gasteiger partial charge in [-0.05, 0) is 67.1 Å². The van der Waals surface area contributed by atoms with Crippen molar-refractivity contribution in [2.75, 3.05) is 17.3 Å². The zero-order valence-corrected chi connectivity index (χ0v) is 23.8. The van der Waals surface area contributed by atoms with Crippen LogP contribution in [0.5, 0.6) is 0 Å². The summed E-state index contributed by atoms with van der Waals surface area (Å²) < 4.78 is 106. The molecule has 0 aromatic heterocycles. The van der Waals surface area contributed by atoms with Crippen molar-refractivity contribution in [2.24, 2.45) is 0 Å². The first-order valence-electron chi connectivity index (χ1n) is 10.8. The minimum absolute atomic E-state index is 0.0908. The van der Waals surface area contributed by atoms with Crippen LogP contribution in [0.2, 0.25) is 0 Å². The molecule has 2 aromatic rings. The topological polar surface area (TPSA) is 92.3 Å². The maximum Gasteiger partial charge on any atom is 0.432 e. The van der Waals surface area contributed by atoms with Gasteiger partial charge in [0, 0.05) is 33.5 Å². The molecule has 0 spiro atoms. The fraction of sp³-hybridized carbons (Fsp3) is 0.417. The van der Waals surface area contributed by atoms with E-state index in [2.05, 4.69) is 10.6 Å². The van der Waals surface area contributed by atoms with Crippen molar-refractivity contribution < 1.29 is 44.3 Å². The quantitative estimate of drug-likeness (QED) is 0.274. The molecule has 0 fully saturated rings. The second kappa shape index (κ2) is 10.7. The second-order valence-electron chi connectivity index (χ2n) is 9.60. The van der Waals surface area contributed by atoms with Gasteiger partial charge in [-0.2, -0.15) is 13.2 Å². The first-order valence-corrected chi connectivity index (χ1v) is 14.0. The molecule has 0 aliphatic heterocycles. The van der Waals surface area contributed by atoms with E-state index in [1.807, 2.05) is 0 Å². The van der Waals surface area contributed by atoms with E-state index in [0.29, 0.717) is 15.7 Å². The monoisotopic (exact) mass is 678 g/mol. The predicted octanol–water partition coefficient (Wildman–Crippen LogP) is 5.79. The SMILES string of the molecule is Cc1cc(C(F)(C(C)(F)F)C(F)(F)F)ccc1NC(=O)c1cccc(I)c1C(=O)NC(C)(C)CS(C)(=O)=O. The lowest BCUT2D eigenvalue weighted by Crippen LogP contribution is -2.51. The summed E-state index contributed by atoms with van der Waals surface area (Å²) in [5.74, 6) is -6.80. The number of nitrogens with one attached hydrogen (secondary N) is 2. The Hall–Kier alpha value is -2.36. The molecule has 0 saturated carbocycles. The molecule has 210 valence electrons. The molecule has 0 bridgehead atoms. The molecule has 1 unspecified atom stereocenters. The lowest BCUT2D eigenvalue weighted by molar-refractivity contribution is -0.304. The van der Waals surface area contributed by atoms with Crippen LogP contribution in [-0.2, 0) is 15.5 Å². The highest BCUT2D eigenvalue weighted by atomic mass is 127. The van der Waals surface area contributed by atoms with Crippen LogP contribution in [0.1, 0.15) is 52.6 Å². The first kappa shape index (κ1) is 31.9. The second-order valence-corrected chi connectivity index (χ2v) is 12.9. The van der Waals surface area contributed by atoms with Crippen LogP contribution >= 0.6 is 22.6 Å². The Morgan fingerprint density at radius 2 is 1.53 bits per heavy atom. The smallest absolute Gasteiger partial charge is 0.346 e. The Morgan fingerprint density at radius 1 is 0.947 bits per heavy atom. The number of alkyl halides is 6. The van der Waals surface area contributed by atoms with E-state index in [0.717, 1.165) is 12.3 Å². The van der Waals surface area contributed by atoms with Crippen molar-refractivity contribution in [1.29, 1.82) is 0 Å². The molecule has 2 N–H and O–H groups in total. The Morgan fingerprint density at radius 3 is 2.00 bits per heavy atom. The van der Waals surface area contributed by atoms with Gasteiger partial charge in [0.25, 0.3) is 23.4 Å². The van der Waals surface area contributed by atoms with Crippen molar-refractivity contribution in [3.05, 3.63) is 62.2 Å². The van der Waals surface area contributed by atoms with Gasteiger partial charge in [0.2, 0.25) is 0 Å². The van der Waals surface area contributed by atoms with Crippen molar-refractivity contribution in [3.8, 4) is 0 Å². The molecule has 0 aliphatic carbocycles. The lowest BCUT2D eigenvalue weighted by atomic mass is 9.88. The average Bonchev–Trinajstić information content (AvgIpc) is 2.70. The molecule has 2 amide bonds. The van der Waals surface area contributed by atoms with Crippen molar-refractivity contribution in [2.45, 2.75) is 51.0 Å². The van der Waals surface area contributed by atoms with Crippen LogP contribution in [-0.4, -0.2) is 49.9 Å². The molecule has 0 saturated heterocycles. The van der Waals surface area contributed by atoms with E-state index < -0.39 is 50.5 Å². The number of carbonyl (C=O) groups excluding carboxylic acids is 2. The normalized spacial score (nSPS) is 14.5. The molecule has 6 nitrogen and oxygen atoms in total. The standard InChI is InChI=1S/C24H25F6IN2O4S/c1-13-11-14(23(27,22(4,25)26)24(28,29)30)9-10-17(13)32-19(34)15-7-6-8-16(31)18(15)20(35)33-21(2,3)12-38(5,36)37/h6-11H,12H2,1-5H3,(H,32,34)(H,33,35). The molecule has 0 aliphatic rings. The van der Waals surface area contributed by atoms with Gasteiger partial charge in [0.1, 0.15) is 9.84 Å². The summed E-state index contributed by atoms with van der Waals surface area (Å²) in [5.41, 5.74) is -7.98. The van der Waals surface area contributed by atoms with Crippen LogP contribution in [0.3, 0.4) is 0 Å². The number of aryl methyl sites for hydroxylation is 1. The molecular formula is C24H25F6IN2O4S. The molecular weight excluding hydrogens is 653 g/mol. The molecule has 14 heteroatoms. The summed E-state index contributed by atoms with van der Waals surface area (Å²) in [6.45, 7) is 3.99. The van der Waals surface area contributed by atoms with Gasteiger partial charge >= 0.3 is 6.18 Å². The number of carbonyl (C=O) groups is 2. The summed E-state index contributed by atoms with van der Waals surface area (Å²) in [5, 5.41) is 4.97. The Bertz CT molecular complexity index is 1340. The fourth-order valence-corrected chi connectivity index (χ4v) is 6.01. The van der Waals surface area contributed by atoms with Gasteiger partial charge in [-0.3, -0.25) is 9.59 Å². The maximum atomic E-state index is 14.8. The Kier molecular flexibility index (Phi) is 8.94. The van der Waals surface area contributed by atoms with Crippen LogP contribution < -0.4 is 10.6 Å². The predicted molar refractivity (Wildman–Crippen MR) is 139 cm³/mol. The maximum absolute atomic E-state index is 14.8. The minimum atomic E-state index is -5.92. The number of hydrogen-bond acceptors (Lipinski definition) is 4. The van der Waals surface area contributed by atoms with E-state index in [1.165, 1.54) is 39.0 Å². The van der Waals surface area contributed by atoms with Crippen molar-refractivity contribution >= 4 is 49.9 Å². The highest BCUT2D eigenvalue weighted by Gasteiger charge is 2.69. The molecule has 0 heterocycles. The molecule has 38 heavy (non-hydrogen) atoms. The highest BCUT2D eigenvalue weighted by Crippen LogP contribution is 2.52. The third-order valence-corrected chi connectivity index (χ3v) is 7.57. The highest BCUT2D eigenvalue weighted by molar-refractivity contribution is 14.1. The van der Waals surface area contributed by atoms with Gasteiger partial charge in [-0.25, -0.2) is 21.6 Å². The summed E-state index contributed by atoms with van der Waals surface area (Å²) >= 11 is 1.80. The summed E-state index contributed by atoms with van der Waals surface area (Å²) in [4.78, 5) is 26.1. The Balaban J connectivity index is 2.43. The molecule has 1 atom stereocenters. The largest absolute Gasteiger partial charge is 0.432 e. The number of rotatable bonds is 8. The molecule has 2 rings (SSSR count). The minimum Gasteiger partial charge on any atom is -0.346 e. The van der Waals surface area contributed by atoms with Gasteiger partial charge in [0.15, 0.2) is 0 Å². The van der Waals surface area contributed by atoms with E-state index >= 15 is 0 Å². The van der Waals surface area contributed by atoms with Crippen molar-refractivity contribution in [3.63, 3.8) is 0 Å². The third-order valence-electron chi connectivity index (χ3n) is 5.43. The van der Waals surface area contributed by atoms with Gasteiger partial charge in [0.05, 0.1) is 16.9 Å². The van der Waals surface area contributed by atoms with Crippen LogP contribution in [0.15, 0.2) is 36.4 Å². The van der Waals surface area contributed by atoms with Crippen molar-refractivity contribution in [1.82, 2.24) is 5.32 Å². The van der Waals surface area contributed by atoms with Crippen LogP contribution in [0, 0.1) is 10.5 Å². The zero-order valence-electron chi connectivity index (χ0n) is 20.9. The average molecular weight is 678 g/mol. The van der Waals surface area contributed by atoms with E-state index in [9.17, 15) is 44.3 Å². The van der Waals surface area contributed by atoms with E-state index in [4.69, 9.17) is 0 Å². The van der Waals surface area contributed by atoms with Crippen LogP contribution in [0.25, 0.3) is 0 Å². The summed E-state index contributed by atoms with van der Waals surface area (Å²) in [7, 11) is -3.46. The lowest BCUT2D eigenvalue weighted by Gasteiger charge is -2.33. The van der Waals surface area contributed by atoms with Gasteiger partial charge < -0.3 is 10.6 Å². The summed E-state index contributed by atoms with van der Waals surface area (Å²) in [6.07, 6.45) is -4.92. The zero-order chi connectivity index (χ0) is 29.5. The fourth-order valence-electron chi connectivity index (χ4n) is 3.88. The first-order chi connectivity index (χ1) is 17.0. The number of amides is 2. The molecule has 0 radical (unpaired) electrons. The number of sulfone groups is 1. The van der Waals surface area contributed by atoms with Gasteiger partial charge in [-0.1, -0.05) is 18.2 Å². The Labute approximate surface area is 229 Å². The number of halogens is 7. The summed E-state index contributed by atoms with van der Waals surface area (Å²) in [6, 6.07) is 6.22. The number of hydrogen-bond donors (Lipinski definition) is 2. The number of anilines is 1. The van der Waals surface area contributed by atoms with Crippen LogP contribution in [0.4, 0.5) is 32.0 Å². The third kappa shape index (κ3) is 6.98. The van der Waals surface area contributed by atoms with E-state index in [1.54, 1.807) is 22.6 Å². The number of benzene rings is 2. The van der Waals surface area contributed by atoms with Gasteiger partial charge in [-0.15, -0.1) is 0 Å². The molecule has 2 aromatic carbocycles.